The Balaban J connectivity index is 2.13. The van der Waals surface area contributed by atoms with Crippen LogP contribution in [0.25, 0.3) is 0 Å². The summed E-state index contributed by atoms with van der Waals surface area (Å²) in [6.45, 7) is 4.66. The zero-order chi connectivity index (χ0) is 4.57. The molecule has 0 saturated carbocycles. The maximum Gasteiger partial charge on any atom is -0.0266 e. The largest absolute Gasteiger partial charge is 0.103 e. The van der Waals surface area contributed by atoms with Crippen molar-refractivity contribution in [2.75, 3.05) is 12.3 Å². The van der Waals surface area contributed by atoms with Crippen LogP contribution < -0.4 is 0 Å². The van der Waals surface area contributed by atoms with Crippen LogP contribution in [-0.4, -0.2) is 18.0 Å². The summed E-state index contributed by atoms with van der Waals surface area (Å²) in [6, 6.07) is 0. The molecule has 1 aliphatic rings. The standard InChI is InChI=1S/C5H11P/c1-5(2)6-3-4-6/h5H,3-4H2,1-2H3. The molecule has 0 aliphatic carbocycles. The van der Waals surface area contributed by atoms with Gasteiger partial charge in [0.15, 0.2) is 0 Å². The summed E-state index contributed by atoms with van der Waals surface area (Å²) in [5.74, 6) is 0. The van der Waals surface area contributed by atoms with Gasteiger partial charge >= 0.3 is 0 Å². The van der Waals surface area contributed by atoms with Crippen LogP contribution >= 0.6 is 7.92 Å². The highest BCUT2D eigenvalue weighted by molar-refractivity contribution is 7.65. The molecule has 0 spiro atoms. The molecule has 0 atom stereocenters. The Bertz CT molecular complexity index is 45.9. The highest BCUT2D eigenvalue weighted by Crippen LogP contribution is 2.54. The van der Waals surface area contributed by atoms with Crippen molar-refractivity contribution in [3.63, 3.8) is 0 Å². The topological polar surface area (TPSA) is 0 Å². The van der Waals surface area contributed by atoms with Crippen molar-refractivity contribution in [3.8, 4) is 0 Å². The van der Waals surface area contributed by atoms with E-state index in [1.54, 1.807) is 12.3 Å². The van der Waals surface area contributed by atoms with Gasteiger partial charge < -0.3 is 0 Å². The summed E-state index contributed by atoms with van der Waals surface area (Å²) < 4.78 is 0. The van der Waals surface area contributed by atoms with Gasteiger partial charge in [0, 0.05) is 0 Å². The van der Waals surface area contributed by atoms with E-state index in [4.69, 9.17) is 0 Å². The first-order valence-corrected chi connectivity index (χ1v) is 4.33. The van der Waals surface area contributed by atoms with Crippen LogP contribution in [0.5, 0.6) is 0 Å². The zero-order valence-corrected chi connectivity index (χ0v) is 5.33. The Hall–Kier alpha value is 0.430. The van der Waals surface area contributed by atoms with Crippen molar-refractivity contribution in [2.24, 2.45) is 0 Å². The van der Waals surface area contributed by atoms with Gasteiger partial charge in [0.2, 0.25) is 0 Å². The molecular weight excluding hydrogens is 91.0 g/mol. The van der Waals surface area contributed by atoms with Gasteiger partial charge in [-0.15, -0.1) is 7.92 Å². The lowest BCUT2D eigenvalue weighted by Gasteiger charge is -1.95. The number of rotatable bonds is 1. The first-order chi connectivity index (χ1) is 2.80. The quantitative estimate of drug-likeness (QED) is 0.443. The second-order valence-electron chi connectivity index (χ2n) is 2.13. The maximum atomic E-state index is 2.33. The first kappa shape index (κ1) is 4.59. The summed E-state index contributed by atoms with van der Waals surface area (Å²) >= 11 is 0. The van der Waals surface area contributed by atoms with Gasteiger partial charge in [0.25, 0.3) is 0 Å². The van der Waals surface area contributed by atoms with Crippen LogP contribution in [-0.2, 0) is 0 Å². The molecule has 1 rings (SSSR count). The van der Waals surface area contributed by atoms with E-state index < -0.39 is 0 Å². The summed E-state index contributed by atoms with van der Waals surface area (Å²) in [6.07, 6.45) is 3.12. The third-order valence-corrected chi connectivity index (χ3v) is 3.64. The van der Waals surface area contributed by atoms with Crippen LogP contribution in [0.1, 0.15) is 13.8 Å². The van der Waals surface area contributed by atoms with Gasteiger partial charge in [-0.3, -0.25) is 0 Å². The Morgan fingerprint density at radius 2 is 1.83 bits per heavy atom. The molecule has 0 aromatic rings. The Morgan fingerprint density at radius 1 is 1.33 bits per heavy atom. The monoisotopic (exact) mass is 102 g/mol. The van der Waals surface area contributed by atoms with Crippen LogP contribution in [0, 0.1) is 0 Å². The molecule has 36 valence electrons. The van der Waals surface area contributed by atoms with Gasteiger partial charge in [0.05, 0.1) is 0 Å². The van der Waals surface area contributed by atoms with Crippen LogP contribution in [0.4, 0.5) is 0 Å². The minimum atomic E-state index is 0.591. The van der Waals surface area contributed by atoms with Crippen molar-refractivity contribution in [3.05, 3.63) is 0 Å². The predicted octanol–water partition coefficient (Wildman–Crippen LogP) is 1.89. The minimum absolute atomic E-state index is 0.591. The van der Waals surface area contributed by atoms with Crippen molar-refractivity contribution in [1.82, 2.24) is 0 Å². The molecule has 0 aromatic heterocycles. The van der Waals surface area contributed by atoms with Gasteiger partial charge in [-0.2, -0.15) is 0 Å². The molecule has 1 fully saturated rings. The maximum absolute atomic E-state index is 2.33. The van der Waals surface area contributed by atoms with E-state index in [0.29, 0.717) is 7.92 Å². The lowest BCUT2D eigenvalue weighted by molar-refractivity contribution is 1.10. The molecule has 0 nitrogen and oxygen atoms in total. The van der Waals surface area contributed by atoms with Gasteiger partial charge in [-0.1, -0.05) is 13.8 Å². The fourth-order valence-electron chi connectivity index (χ4n) is 0.574. The predicted molar refractivity (Wildman–Crippen MR) is 31.8 cm³/mol. The first-order valence-electron chi connectivity index (χ1n) is 2.55. The lowest BCUT2D eigenvalue weighted by atomic mass is 10.6. The van der Waals surface area contributed by atoms with E-state index in [-0.39, 0.29) is 0 Å². The highest BCUT2D eigenvalue weighted by Gasteiger charge is 2.22. The van der Waals surface area contributed by atoms with E-state index in [0.717, 1.165) is 5.66 Å². The zero-order valence-electron chi connectivity index (χ0n) is 4.44. The molecule has 0 N–H and O–H groups in total. The smallest absolute Gasteiger partial charge is 0.0266 e. The normalized spacial score (nSPS) is 22.5. The Morgan fingerprint density at radius 3 is 1.83 bits per heavy atom. The molecule has 0 unspecified atom stereocenters. The fraction of sp³-hybridized carbons (Fsp3) is 1.00. The second-order valence-corrected chi connectivity index (χ2v) is 5.23. The van der Waals surface area contributed by atoms with Crippen LogP contribution in [0.3, 0.4) is 0 Å². The van der Waals surface area contributed by atoms with E-state index in [1.807, 2.05) is 0 Å². The minimum Gasteiger partial charge on any atom is -0.103 e. The molecule has 0 bridgehead atoms. The molecule has 1 heterocycles. The number of hydrogen-bond donors (Lipinski definition) is 0. The summed E-state index contributed by atoms with van der Waals surface area (Å²) in [7, 11) is 0.591. The van der Waals surface area contributed by atoms with E-state index in [9.17, 15) is 0 Å². The van der Waals surface area contributed by atoms with Crippen LogP contribution in [0.15, 0.2) is 0 Å². The molecule has 0 amide bonds. The van der Waals surface area contributed by atoms with Crippen molar-refractivity contribution >= 4 is 7.92 Å². The van der Waals surface area contributed by atoms with Gasteiger partial charge in [-0.25, -0.2) is 0 Å². The summed E-state index contributed by atoms with van der Waals surface area (Å²) in [4.78, 5) is 0. The molecule has 1 saturated heterocycles. The molecule has 0 radical (unpaired) electrons. The van der Waals surface area contributed by atoms with E-state index in [2.05, 4.69) is 13.8 Å². The van der Waals surface area contributed by atoms with E-state index >= 15 is 0 Å². The lowest BCUT2D eigenvalue weighted by Crippen LogP contribution is -1.78. The Labute approximate surface area is 40.7 Å². The van der Waals surface area contributed by atoms with Crippen LogP contribution in [0.2, 0.25) is 0 Å². The molecular formula is C5H11P. The molecule has 1 aliphatic heterocycles. The second kappa shape index (κ2) is 1.50. The third-order valence-electron chi connectivity index (χ3n) is 1.21. The van der Waals surface area contributed by atoms with Crippen molar-refractivity contribution in [1.29, 1.82) is 0 Å². The molecule has 1 heteroatoms. The average molecular weight is 102 g/mol. The van der Waals surface area contributed by atoms with Crippen molar-refractivity contribution < 1.29 is 0 Å². The van der Waals surface area contributed by atoms with Gasteiger partial charge in [-0.05, 0) is 18.0 Å². The van der Waals surface area contributed by atoms with Gasteiger partial charge in [0.1, 0.15) is 0 Å². The SMILES string of the molecule is CC(C)P1CC1. The highest BCUT2D eigenvalue weighted by atomic mass is 31.1. The third kappa shape index (κ3) is 0.944. The fourth-order valence-corrected chi connectivity index (χ4v) is 2.07. The number of hydrogen-bond acceptors (Lipinski definition) is 0. The molecule has 0 aromatic carbocycles. The van der Waals surface area contributed by atoms with E-state index in [1.165, 1.54) is 0 Å². The Kier molecular flexibility index (Phi) is 1.15. The molecule has 6 heavy (non-hydrogen) atoms. The summed E-state index contributed by atoms with van der Waals surface area (Å²) in [5, 5.41) is 0. The van der Waals surface area contributed by atoms with Crippen molar-refractivity contribution in [2.45, 2.75) is 19.5 Å². The average Bonchev–Trinajstić information content (AvgIpc) is 2.06. The summed E-state index contributed by atoms with van der Waals surface area (Å²) in [5.41, 5.74) is 1.03.